The Bertz CT molecular complexity index is 1190. The van der Waals surface area contributed by atoms with Crippen LogP contribution in [0.25, 0.3) is 0 Å². The van der Waals surface area contributed by atoms with E-state index >= 15 is 0 Å². The lowest BCUT2D eigenvalue weighted by Crippen LogP contribution is -2.64. The Morgan fingerprint density at radius 1 is 1.08 bits per heavy atom. The Labute approximate surface area is 227 Å². The first-order chi connectivity index (χ1) is 17.7. The normalized spacial score (nSPS) is 45.3. The van der Waals surface area contributed by atoms with E-state index in [1.54, 1.807) is 0 Å². The average Bonchev–Trinajstić information content (AvgIpc) is 2.86. The fourth-order valence-electron chi connectivity index (χ4n) is 9.90. The van der Waals surface area contributed by atoms with Crippen molar-refractivity contribution in [2.75, 3.05) is 13.2 Å². The molecule has 5 rings (SSSR count). The van der Waals surface area contributed by atoms with Crippen LogP contribution in [0.1, 0.15) is 86.5 Å². The largest absolute Gasteiger partial charge is 0.464 e. The number of rotatable bonds is 3. The maximum Gasteiger partial charge on any atom is 0.319 e. The third kappa shape index (κ3) is 3.56. The van der Waals surface area contributed by atoms with Gasteiger partial charge in [0.05, 0.1) is 18.7 Å². The van der Waals surface area contributed by atoms with Crippen LogP contribution in [-0.2, 0) is 19.1 Å². The first-order valence-electron chi connectivity index (χ1n) is 14.5. The van der Waals surface area contributed by atoms with E-state index in [1.165, 1.54) is 0 Å². The van der Waals surface area contributed by atoms with E-state index in [0.29, 0.717) is 6.61 Å². The van der Waals surface area contributed by atoms with E-state index < -0.39 is 5.41 Å². The summed E-state index contributed by atoms with van der Waals surface area (Å²) in [6.07, 6.45) is 10.4. The summed E-state index contributed by atoms with van der Waals surface area (Å²) in [5.74, 6) is -0.441. The van der Waals surface area contributed by atoms with Crippen molar-refractivity contribution in [3.8, 4) is 6.07 Å². The molecule has 6 nitrogen and oxygen atoms in total. The average molecular weight is 521 g/mol. The van der Waals surface area contributed by atoms with Gasteiger partial charge in [0.15, 0.2) is 11.6 Å². The van der Waals surface area contributed by atoms with Crippen molar-refractivity contribution in [2.45, 2.75) is 86.5 Å². The predicted molar refractivity (Wildman–Crippen MR) is 144 cm³/mol. The lowest BCUT2D eigenvalue weighted by atomic mass is 9.35. The fraction of sp³-hybridized carbons (Fsp3) is 0.750. The minimum Gasteiger partial charge on any atom is -0.464 e. The summed E-state index contributed by atoms with van der Waals surface area (Å²) in [4.78, 5) is 39.4. The van der Waals surface area contributed by atoms with Crippen LogP contribution in [0, 0.1) is 62.1 Å². The van der Waals surface area contributed by atoms with E-state index in [1.807, 2.05) is 19.1 Å². The number of allylic oxidation sites excluding steroid dienone is 4. The number of Topliss-reactive ketones (excluding diaryl/α,β-unsaturated/α-hetero) is 1. The zero-order valence-electron chi connectivity index (χ0n) is 24.0. The maximum absolute atomic E-state index is 14.4. The van der Waals surface area contributed by atoms with Gasteiger partial charge in [0, 0.05) is 22.7 Å². The third-order valence-electron chi connectivity index (χ3n) is 12.4. The highest BCUT2D eigenvalue weighted by Crippen LogP contribution is 2.73. The molecule has 5 aliphatic rings. The van der Waals surface area contributed by atoms with E-state index in [-0.39, 0.29) is 75.0 Å². The van der Waals surface area contributed by atoms with E-state index in [2.05, 4.69) is 40.7 Å². The predicted octanol–water partition coefficient (Wildman–Crippen LogP) is 5.32. The molecule has 3 saturated carbocycles. The van der Waals surface area contributed by atoms with Crippen LogP contribution in [0.4, 0.5) is 0 Å². The molecule has 6 heteroatoms. The van der Waals surface area contributed by atoms with Crippen molar-refractivity contribution in [1.29, 1.82) is 5.26 Å². The highest BCUT2D eigenvalue weighted by atomic mass is 16.5. The molecule has 0 bridgehead atoms. The molecule has 0 spiro atoms. The fourth-order valence-corrected chi connectivity index (χ4v) is 9.90. The van der Waals surface area contributed by atoms with Crippen LogP contribution in [0.15, 0.2) is 23.3 Å². The highest BCUT2D eigenvalue weighted by Gasteiger charge is 2.69. The number of nitriles is 1. The zero-order chi connectivity index (χ0) is 27.9. The second kappa shape index (κ2) is 8.62. The van der Waals surface area contributed by atoms with Crippen molar-refractivity contribution in [1.82, 2.24) is 0 Å². The Morgan fingerprint density at radius 3 is 2.42 bits per heavy atom. The lowest BCUT2D eigenvalue weighted by molar-refractivity contribution is -0.183. The molecule has 0 amide bonds. The van der Waals surface area contributed by atoms with Crippen molar-refractivity contribution >= 4 is 17.5 Å². The molecule has 0 aliphatic heterocycles. The van der Waals surface area contributed by atoms with Gasteiger partial charge < -0.3 is 10.5 Å². The van der Waals surface area contributed by atoms with Crippen molar-refractivity contribution in [3.63, 3.8) is 0 Å². The number of hydrogen-bond donors (Lipinski definition) is 1. The molecule has 0 aromatic carbocycles. The summed E-state index contributed by atoms with van der Waals surface area (Å²) < 4.78 is 5.71. The topological polar surface area (TPSA) is 110 Å². The smallest absolute Gasteiger partial charge is 0.319 e. The van der Waals surface area contributed by atoms with Crippen LogP contribution in [-0.4, -0.2) is 30.7 Å². The Kier molecular flexibility index (Phi) is 6.19. The third-order valence-corrected chi connectivity index (χ3v) is 12.4. The number of esters is 1. The summed E-state index contributed by atoms with van der Waals surface area (Å²) in [7, 11) is 0. The number of nitrogens with two attached hydrogens (primary N) is 1. The second-order valence-electron chi connectivity index (χ2n) is 14.6. The number of carbonyl (C=O) groups excluding carboxylic acids is 3. The summed E-state index contributed by atoms with van der Waals surface area (Å²) in [6.45, 7) is 13.6. The monoisotopic (exact) mass is 520 g/mol. The molecule has 5 aliphatic carbocycles. The van der Waals surface area contributed by atoms with Crippen molar-refractivity contribution in [2.24, 2.45) is 56.5 Å². The number of carbonyl (C=O) groups is 3. The van der Waals surface area contributed by atoms with Gasteiger partial charge >= 0.3 is 5.97 Å². The van der Waals surface area contributed by atoms with Crippen LogP contribution < -0.4 is 5.73 Å². The number of ether oxygens (including phenoxy) is 1. The van der Waals surface area contributed by atoms with E-state index in [0.717, 1.165) is 50.5 Å². The molecule has 2 N–H and O–H groups in total. The van der Waals surface area contributed by atoms with Gasteiger partial charge in [-0.05, 0) is 79.1 Å². The second-order valence-corrected chi connectivity index (χ2v) is 14.6. The van der Waals surface area contributed by atoms with Gasteiger partial charge in [0.2, 0.25) is 0 Å². The Hall–Kier alpha value is -2.26. The molecular weight excluding hydrogens is 476 g/mol. The van der Waals surface area contributed by atoms with Crippen LogP contribution >= 0.6 is 0 Å². The summed E-state index contributed by atoms with van der Waals surface area (Å²) >= 11 is 0. The first kappa shape index (κ1) is 27.3. The van der Waals surface area contributed by atoms with Gasteiger partial charge in [-0.3, -0.25) is 14.4 Å². The molecule has 0 heterocycles. The van der Waals surface area contributed by atoms with Gasteiger partial charge in [0.25, 0.3) is 0 Å². The quantitative estimate of drug-likeness (QED) is 0.505. The maximum atomic E-state index is 14.4. The molecule has 0 aromatic heterocycles. The van der Waals surface area contributed by atoms with Gasteiger partial charge in [0.1, 0.15) is 6.07 Å². The molecule has 38 heavy (non-hydrogen) atoms. The molecule has 206 valence electrons. The number of hydrogen-bond acceptors (Lipinski definition) is 6. The highest BCUT2D eigenvalue weighted by molar-refractivity contribution is 6.02. The van der Waals surface area contributed by atoms with Gasteiger partial charge in [-0.25, -0.2) is 0 Å². The number of ketones is 2. The van der Waals surface area contributed by atoms with E-state index in [4.69, 9.17) is 10.5 Å². The summed E-state index contributed by atoms with van der Waals surface area (Å²) in [6, 6.07) is 2.16. The van der Waals surface area contributed by atoms with Gasteiger partial charge in [-0.2, -0.15) is 5.26 Å². The van der Waals surface area contributed by atoms with Crippen LogP contribution in [0.2, 0.25) is 0 Å². The summed E-state index contributed by atoms with van der Waals surface area (Å²) in [5.41, 5.74) is 5.84. The first-order valence-corrected chi connectivity index (χ1v) is 14.5. The number of fused-ring (bicyclic) bond motifs is 7. The van der Waals surface area contributed by atoms with Crippen LogP contribution in [0.3, 0.4) is 0 Å². The van der Waals surface area contributed by atoms with Gasteiger partial charge in [-0.1, -0.05) is 53.2 Å². The van der Waals surface area contributed by atoms with Crippen LogP contribution in [0.5, 0.6) is 0 Å². The molecule has 0 radical (unpaired) electrons. The molecule has 8 atom stereocenters. The molecule has 0 saturated heterocycles. The van der Waals surface area contributed by atoms with E-state index in [9.17, 15) is 19.6 Å². The number of nitrogens with zero attached hydrogens (tertiary/aromatic N) is 1. The zero-order valence-corrected chi connectivity index (χ0v) is 24.0. The van der Waals surface area contributed by atoms with Gasteiger partial charge in [-0.15, -0.1) is 0 Å². The van der Waals surface area contributed by atoms with Crippen molar-refractivity contribution in [3.05, 3.63) is 23.3 Å². The SMILES string of the molecule is C[C@@H]1C(=O)C(C#N)=C[C@]2(C)C3=CC(=O)C4C5CC(C)(C)CC[C@]5(COC(=O)CN)CC[C@@]4(C)[C@]3(C)CC[C@@H]12. The molecule has 2 unspecified atom stereocenters. The molecule has 3 fully saturated rings. The molecule has 0 aromatic rings. The molecular formula is C32H44N2O4. The Morgan fingerprint density at radius 2 is 1.76 bits per heavy atom. The van der Waals surface area contributed by atoms with Crippen molar-refractivity contribution < 1.29 is 19.1 Å². The Balaban J connectivity index is 1.63. The lowest BCUT2D eigenvalue weighted by Gasteiger charge is -2.68. The standard InChI is InChI=1S/C32H44N2O4/c1-19-21-7-8-30(5)24(29(21,4)14-20(16-33)27(19)37)13-23(35)26-22-15-28(2,3)9-11-32(22,12-10-31(26,30)6)18-38-25(36)17-34/h13-14,19,21-22,26H,7-12,15,17-18,34H2,1-6H3/t19-,21-,22?,26?,29-,30+,31+,32+/m0/s1. The minimum atomic E-state index is -0.494. The summed E-state index contributed by atoms with van der Waals surface area (Å²) in [5, 5.41) is 9.78. The minimum absolute atomic E-state index is 0.0654.